The molecule has 2 atom stereocenters. The highest BCUT2D eigenvalue weighted by Crippen LogP contribution is 2.42. The molecule has 2 N–H and O–H groups in total. The first-order chi connectivity index (χ1) is 19.6. The Morgan fingerprint density at radius 2 is 2.24 bits per heavy atom. The third-order valence-electron chi connectivity index (χ3n) is 5.57. The number of aromatic amines is 1. The summed E-state index contributed by atoms with van der Waals surface area (Å²) in [4.78, 5) is 24.8. The molecular formula is C24H29N5O4. The lowest BCUT2D eigenvalue weighted by molar-refractivity contribution is -0.118. The maximum Gasteiger partial charge on any atom is 0.231 e. The van der Waals surface area contributed by atoms with Crippen molar-refractivity contribution in [2.45, 2.75) is 31.5 Å². The van der Waals surface area contributed by atoms with Gasteiger partial charge in [0.25, 0.3) is 0 Å². The number of fused-ring (bicyclic) bond motifs is 1. The van der Waals surface area contributed by atoms with Crippen LogP contribution in [-0.2, 0) is 9.53 Å². The average Bonchev–Trinajstić information content (AvgIpc) is 3.78. The van der Waals surface area contributed by atoms with Crippen LogP contribution in [0.5, 0.6) is 11.6 Å². The van der Waals surface area contributed by atoms with E-state index in [1.807, 2.05) is 0 Å². The van der Waals surface area contributed by atoms with Crippen molar-refractivity contribution in [2.24, 2.45) is 5.92 Å². The van der Waals surface area contributed by atoms with Gasteiger partial charge in [-0.2, -0.15) is 0 Å². The molecule has 1 amide bonds. The van der Waals surface area contributed by atoms with Crippen molar-refractivity contribution in [3.8, 4) is 22.8 Å². The summed E-state index contributed by atoms with van der Waals surface area (Å²) >= 11 is 0. The number of nitrogens with zero attached hydrogens (tertiary/aromatic N) is 3. The molecule has 3 aromatic rings. The molecule has 3 heterocycles. The molecule has 2 fully saturated rings. The van der Waals surface area contributed by atoms with Gasteiger partial charge in [0.2, 0.25) is 11.8 Å². The molecule has 0 aliphatic heterocycles. The van der Waals surface area contributed by atoms with Gasteiger partial charge in [0, 0.05) is 38.1 Å². The van der Waals surface area contributed by atoms with E-state index in [4.69, 9.17) is 26.5 Å². The van der Waals surface area contributed by atoms with Crippen LogP contribution in [0.2, 0.25) is 0 Å². The van der Waals surface area contributed by atoms with Gasteiger partial charge in [0.05, 0.1) is 41.4 Å². The molecular weight excluding hydrogens is 422 g/mol. The van der Waals surface area contributed by atoms with Crippen molar-refractivity contribution in [1.29, 1.82) is 0 Å². The summed E-state index contributed by atoms with van der Waals surface area (Å²) in [6, 6.07) is 4.97. The Bertz CT molecular complexity index is 1440. The van der Waals surface area contributed by atoms with Crippen LogP contribution in [-0.4, -0.2) is 72.1 Å². The summed E-state index contributed by atoms with van der Waals surface area (Å²) in [6.45, 7) is -6.10. The van der Waals surface area contributed by atoms with Gasteiger partial charge in [-0.25, -0.2) is 9.97 Å². The lowest BCUT2D eigenvalue weighted by Crippen LogP contribution is -2.21. The molecule has 9 heteroatoms. The number of methoxy groups -OCH3 is 1. The number of carbonyl (C=O) groups excluding carboxylic acids is 1. The molecule has 2 aliphatic rings. The highest BCUT2D eigenvalue weighted by molar-refractivity contribution is 5.99. The third-order valence-corrected chi connectivity index (χ3v) is 5.57. The summed E-state index contributed by atoms with van der Waals surface area (Å²) in [7, 11) is -2.73. The van der Waals surface area contributed by atoms with Gasteiger partial charge >= 0.3 is 0 Å². The minimum absolute atomic E-state index is 0.0363. The topological polar surface area (TPSA) is 102 Å². The van der Waals surface area contributed by atoms with Gasteiger partial charge in [-0.1, -0.05) is 0 Å². The minimum atomic E-state index is -2.80. The number of ether oxygens (including phenoxy) is 3. The molecule has 0 spiro atoms. The predicted molar refractivity (Wildman–Crippen MR) is 125 cm³/mol. The van der Waals surface area contributed by atoms with E-state index in [1.165, 1.54) is 6.20 Å². The number of nitrogens with one attached hydrogen (secondary N) is 2. The molecule has 3 aromatic heterocycles. The van der Waals surface area contributed by atoms with Crippen molar-refractivity contribution in [1.82, 2.24) is 19.9 Å². The first-order valence-corrected chi connectivity index (χ1v) is 10.6. The second-order valence-corrected chi connectivity index (χ2v) is 8.10. The summed E-state index contributed by atoms with van der Waals surface area (Å²) in [5.74, 6) is -0.240. The fourth-order valence-electron chi connectivity index (χ4n) is 3.64. The number of anilines is 1. The van der Waals surface area contributed by atoms with Gasteiger partial charge in [-0.3, -0.25) is 4.79 Å². The van der Waals surface area contributed by atoms with Gasteiger partial charge in [-0.05, 0) is 51.4 Å². The Morgan fingerprint density at radius 3 is 3.06 bits per heavy atom. The van der Waals surface area contributed by atoms with E-state index in [0.717, 1.165) is 12.8 Å². The van der Waals surface area contributed by atoms with E-state index in [1.54, 1.807) is 24.4 Å². The first kappa shape index (κ1) is 13.5. The number of likely N-dealkylation sites (N-methyl/N-ethyl adjacent to an activating group) is 1. The van der Waals surface area contributed by atoms with Crippen LogP contribution in [0.25, 0.3) is 22.2 Å². The number of amides is 1. The summed E-state index contributed by atoms with van der Waals surface area (Å²) in [5.41, 5.74) is 1.36. The quantitative estimate of drug-likeness (QED) is 0.479. The van der Waals surface area contributed by atoms with Crippen LogP contribution >= 0.6 is 0 Å². The molecule has 2 aliphatic carbocycles. The number of rotatable bonds is 10. The molecule has 9 nitrogen and oxygen atoms in total. The number of carbonyl (C=O) groups is 1. The zero-order chi connectivity index (χ0) is 30.4. The summed E-state index contributed by atoms with van der Waals surface area (Å²) in [6.07, 6.45) is 4.83. The smallest absolute Gasteiger partial charge is 0.231 e. The largest absolute Gasteiger partial charge is 0.490 e. The zero-order valence-electron chi connectivity index (χ0n) is 26.6. The zero-order valence-corrected chi connectivity index (χ0v) is 17.6. The van der Waals surface area contributed by atoms with E-state index in [0.29, 0.717) is 39.2 Å². The molecule has 5 rings (SSSR count). The van der Waals surface area contributed by atoms with Crippen molar-refractivity contribution < 1.29 is 31.3 Å². The SMILES string of the molecule is [2H]C([2H])([2H])Oc1nccc(OC2CC2)c1-c1c[nH]c2nc(NC(=O)[C@H]3C[C@@H]3OCCN(C([2H])([2H])[2H])C([2H])([2H])[2H])ccc12. The van der Waals surface area contributed by atoms with E-state index >= 15 is 0 Å². The first-order valence-electron chi connectivity index (χ1n) is 15.1. The van der Waals surface area contributed by atoms with Gasteiger partial charge < -0.3 is 29.4 Å². The number of pyridine rings is 2. The lowest BCUT2D eigenvalue weighted by Gasteiger charge is -2.13. The average molecular weight is 461 g/mol. The van der Waals surface area contributed by atoms with E-state index in [-0.39, 0.29) is 36.9 Å². The minimum Gasteiger partial charge on any atom is -0.490 e. The number of H-pyrrole nitrogens is 1. The van der Waals surface area contributed by atoms with Crippen LogP contribution in [0.4, 0.5) is 5.82 Å². The highest BCUT2D eigenvalue weighted by atomic mass is 16.5. The van der Waals surface area contributed by atoms with Crippen molar-refractivity contribution >= 4 is 22.8 Å². The Labute approximate surface area is 205 Å². The standard InChI is InChI=1S/C24H29N5O4/c1-29(2)10-11-32-19-12-16(19)23(30)28-20-7-6-15-17(13-26-22(15)27-20)21-18(33-14-4-5-14)8-9-25-24(21)31-3/h6-9,13-14,16,19H,4-5,10-12H2,1-3H3,(H2,26,27,28,30)/t16-,19-/m0/s1/i1D3,2D3,3D3. The summed E-state index contributed by atoms with van der Waals surface area (Å²) < 4.78 is 83.8. The van der Waals surface area contributed by atoms with E-state index in [9.17, 15) is 4.79 Å². The van der Waals surface area contributed by atoms with Crippen LogP contribution in [0, 0.1) is 5.92 Å². The lowest BCUT2D eigenvalue weighted by atomic mass is 10.1. The molecule has 0 radical (unpaired) electrons. The fraction of sp³-hybridized carbons (Fsp3) is 0.458. The van der Waals surface area contributed by atoms with Gasteiger partial charge in [0.15, 0.2) is 0 Å². The second-order valence-electron chi connectivity index (χ2n) is 8.10. The number of hydrogen-bond donors (Lipinski definition) is 2. The second kappa shape index (κ2) is 8.99. The van der Waals surface area contributed by atoms with E-state index in [2.05, 4.69) is 20.3 Å². The molecule has 174 valence electrons. The normalized spacial score (nSPS) is 24.8. The van der Waals surface area contributed by atoms with Crippen LogP contribution in [0.3, 0.4) is 0 Å². The molecule has 0 unspecified atom stereocenters. The maximum atomic E-state index is 12.8. The number of hydrogen-bond acceptors (Lipinski definition) is 7. The summed E-state index contributed by atoms with van der Waals surface area (Å²) in [5, 5.41) is 3.36. The van der Waals surface area contributed by atoms with Gasteiger partial charge in [0.1, 0.15) is 17.2 Å². The van der Waals surface area contributed by atoms with Crippen molar-refractivity contribution in [3.63, 3.8) is 0 Å². The van der Waals surface area contributed by atoms with E-state index < -0.39 is 33.0 Å². The number of aromatic nitrogens is 3. The molecule has 0 saturated heterocycles. The Balaban J connectivity index is 1.26. The Hall–Kier alpha value is -3.17. The fourth-order valence-corrected chi connectivity index (χ4v) is 3.64. The monoisotopic (exact) mass is 460 g/mol. The highest BCUT2D eigenvalue weighted by Gasteiger charge is 2.44. The van der Waals surface area contributed by atoms with Crippen LogP contribution < -0.4 is 14.8 Å². The Morgan fingerprint density at radius 1 is 1.33 bits per heavy atom. The molecule has 0 bridgehead atoms. The Kier molecular flexibility index (Phi) is 3.68. The van der Waals surface area contributed by atoms with Gasteiger partial charge in [-0.15, -0.1) is 0 Å². The van der Waals surface area contributed by atoms with Crippen molar-refractivity contribution in [2.75, 3.05) is 39.5 Å². The van der Waals surface area contributed by atoms with Crippen LogP contribution in [0.15, 0.2) is 30.6 Å². The maximum absolute atomic E-state index is 12.8. The predicted octanol–water partition coefficient (Wildman–Crippen LogP) is 3.08. The third kappa shape index (κ3) is 4.79. The molecule has 0 aromatic carbocycles. The van der Waals surface area contributed by atoms with Crippen molar-refractivity contribution in [3.05, 3.63) is 30.6 Å². The van der Waals surface area contributed by atoms with Crippen LogP contribution in [0.1, 0.15) is 31.6 Å². The molecule has 2 saturated carbocycles. The molecule has 33 heavy (non-hydrogen) atoms.